The number of amides is 1. The van der Waals surface area contributed by atoms with Gasteiger partial charge in [0.25, 0.3) is 5.69 Å². The Morgan fingerprint density at radius 1 is 1.50 bits per heavy atom. The molecule has 0 aromatic heterocycles. The average molecular weight is 254 g/mol. The highest BCUT2D eigenvalue weighted by molar-refractivity contribution is 5.96. The van der Waals surface area contributed by atoms with E-state index in [-0.39, 0.29) is 37.1 Å². The molecule has 0 radical (unpaired) electrons. The fraction of sp³-hybridized carbons (Fsp3) is 0.364. The van der Waals surface area contributed by atoms with Crippen LogP contribution in [0.25, 0.3) is 0 Å². The molecule has 1 aliphatic rings. The maximum Gasteiger partial charge on any atom is 0.274 e. The Morgan fingerprint density at radius 3 is 2.78 bits per heavy atom. The van der Waals surface area contributed by atoms with Gasteiger partial charge in [0.05, 0.1) is 16.7 Å². The molecule has 0 aliphatic carbocycles. The molecule has 7 heteroatoms. The molecule has 1 N–H and O–H groups in total. The smallest absolute Gasteiger partial charge is 0.274 e. The lowest BCUT2D eigenvalue weighted by Gasteiger charge is -2.16. The molecule has 0 bridgehead atoms. The zero-order chi connectivity index (χ0) is 13.3. The molecule has 0 saturated carbocycles. The van der Waals surface area contributed by atoms with Crippen LogP contribution in [0.1, 0.15) is 6.42 Å². The van der Waals surface area contributed by atoms with Crippen LogP contribution in [0, 0.1) is 21.8 Å². The van der Waals surface area contributed by atoms with Gasteiger partial charge in [0.2, 0.25) is 5.91 Å². The second-order valence-corrected chi connectivity index (χ2v) is 4.18. The summed E-state index contributed by atoms with van der Waals surface area (Å²) in [5.74, 6) is -1.24. The predicted octanol–water partition coefficient (Wildman–Crippen LogP) is 1.08. The van der Waals surface area contributed by atoms with E-state index in [9.17, 15) is 19.3 Å². The van der Waals surface area contributed by atoms with Crippen molar-refractivity contribution in [1.82, 2.24) is 0 Å². The van der Waals surface area contributed by atoms with E-state index in [4.69, 9.17) is 5.11 Å². The third kappa shape index (κ3) is 2.30. The number of benzene rings is 1. The van der Waals surface area contributed by atoms with E-state index in [1.54, 1.807) is 0 Å². The highest BCUT2D eigenvalue weighted by atomic mass is 19.1. The van der Waals surface area contributed by atoms with Gasteiger partial charge < -0.3 is 10.0 Å². The normalized spacial score (nSPS) is 19.3. The van der Waals surface area contributed by atoms with Crippen molar-refractivity contribution >= 4 is 17.3 Å². The Hall–Kier alpha value is -2.02. The summed E-state index contributed by atoms with van der Waals surface area (Å²) in [4.78, 5) is 22.8. The molecule has 1 aliphatic heterocycles. The van der Waals surface area contributed by atoms with Gasteiger partial charge in [-0.15, -0.1) is 0 Å². The highest BCUT2D eigenvalue weighted by Crippen LogP contribution is 2.28. The van der Waals surface area contributed by atoms with Gasteiger partial charge in [0.1, 0.15) is 5.82 Å². The fourth-order valence-electron chi connectivity index (χ4n) is 1.97. The van der Waals surface area contributed by atoms with E-state index in [1.807, 2.05) is 0 Å². The number of halogens is 1. The van der Waals surface area contributed by atoms with E-state index in [0.717, 1.165) is 18.2 Å². The summed E-state index contributed by atoms with van der Waals surface area (Å²) in [7, 11) is 0. The second-order valence-electron chi connectivity index (χ2n) is 4.18. The number of nitro benzene ring substituents is 1. The van der Waals surface area contributed by atoms with Crippen LogP contribution in [-0.4, -0.2) is 29.1 Å². The molecular formula is C11H11FN2O4. The molecule has 96 valence electrons. The molecule has 1 atom stereocenters. The number of anilines is 1. The average Bonchev–Trinajstić information content (AvgIpc) is 2.69. The number of hydrogen-bond acceptors (Lipinski definition) is 4. The van der Waals surface area contributed by atoms with Gasteiger partial charge in [-0.05, 0) is 6.07 Å². The van der Waals surface area contributed by atoms with E-state index in [0.29, 0.717) is 0 Å². The van der Waals surface area contributed by atoms with Crippen LogP contribution in [0.4, 0.5) is 15.8 Å². The molecule has 1 saturated heterocycles. The predicted molar refractivity (Wildman–Crippen MR) is 60.6 cm³/mol. The number of rotatable bonds is 3. The van der Waals surface area contributed by atoms with Gasteiger partial charge in [-0.2, -0.15) is 0 Å². The summed E-state index contributed by atoms with van der Waals surface area (Å²) < 4.78 is 13.3. The van der Waals surface area contributed by atoms with Gasteiger partial charge >= 0.3 is 0 Å². The first-order valence-corrected chi connectivity index (χ1v) is 5.37. The number of nitro groups is 1. The summed E-state index contributed by atoms with van der Waals surface area (Å²) in [6.07, 6.45) is 0.167. The number of hydrogen-bond donors (Lipinski definition) is 1. The summed E-state index contributed by atoms with van der Waals surface area (Å²) in [6, 6.07) is 3.03. The molecule has 1 unspecified atom stereocenters. The first-order chi connectivity index (χ1) is 8.51. The van der Waals surface area contributed by atoms with Crippen molar-refractivity contribution in [3.8, 4) is 0 Å². The first kappa shape index (κ1) is 12.4. The maximum absolute atomic E-state index is 13.3. The molecule has 1 fully saturated rings. The van der Waals surface area contributed by atoms with Gasteiger partial charge in [0.15, 0.2) is 0 Å². The van der Waals surface area contributed by atoms with E-state index in [1.165, 1.54) is 4.90 Å². The zero-order valence-electron chi connectivity index (χ0n) is 9.38. The van der Waals surface area contributed by atoms with Gasteiger partial charge in [-0.25, -0.2) is 4.39 Å². The summed E-state index contributed by atoms with van der Waals surface area (Å²) in [5.41, 5.74) is -0.243. The van der Waals surface area contributed by atoms with Crippen molar-refractivity contribution < 1.29 is 19.2 Å². The van der Waals surface area contributed by atoms with Crippen LogP contribution in [0.5, 0.6) is 0 Å². The number of non-ortho nitro benzene ring substituents is 1. The molecule has 1 aromatic carbocycles. The van der Waals surface area contributed by atoms with Gasteiger partial charge in [-0.3, -0.25) is 14.9 Å². The standard InChI is InChI=1S/C11H11FN2O4/c12-8-2-9(4-10(3-8)14(17)18)13-5-7(6-15)1-11(13)16/h2-4,7,15H,1,5-6H2. The molecule has 1 amide bonds. The third-order valence-corrected chi connectivity index (χ3v) is 2.85. The van der Waals surface area contributed by atoms with Crippen LogP contribution >= 0.6 is 0 Å². The molecular weight excluding hydrogens is 243 g/mol. The minimum Gasteiger partial charge on any atom is -0.396 e. The summed E-state index contributed by atoms with van der Waals surface area (Å²) in [5, 5.41) is 19.6. The SMILES string of the molecule is O=C1CC(CO)CN1c1cc(F)cc([N+](=O)[O-])c1. The fourth-order valence-corrected chi connectivity index (χ4v) is 1.97. The van der Waals surface area contributed by atoms with Crippen molar-refractivity contribution in [2.45, 2.75) is 6.42 Å². The van der Waals surface area contributed by atoms with Crippen molar-refractivity contribution in [2.75, 3.05) is 18.1 Å². The zero-order valence-corrected chi connectivity index (χ0v) is 9.38. The first-order valence-electron chi connectivity index (χ1n) is 5.37. The van der Waals surface area contributed by atoms with Crippen LogP contribution in [0.3, 0.4) is 0 Å². The van der Waals surface area contributed by atoms with Crippen LogP contribution in [-0.2, 0) is 4.79 Å². The number of aliphatic hydroxyl groups is 1. The minimum atomic E-state index is -0.764. The summed E-state index contributed by atoms with van der Waals surface area (Å²) >= 11 is 0. The Labute approximate surface area is 102 Å². The molecule has 18 heavy (non-hydrogen) atoms. The number of nitrogens with zero attached hydrogens (tertiary/aromatic N) is 2. The second kappa shape index (κ2) is 4.69. The topological polar surface area (TPSA) is 83.7 Å². The van der Waals surface area contributed by atoms with E-state index < -0.39 is 16.4 Å². The Balaban J connectivity index is 2.34. The lowest BCUT2D eigenvalue weighted by Crippen LogP contribution is -2.25. The van der Waals surface area contributed by atoms with Crippen molar-refractivity contribution in [3.63, 3.8) is 0 Å². The largest absolute Gasteiger partial charge is 0.396 e. The van der Waals surface area contributed by atoms with Crippen molar-refractivity contribution in [1.29, 1.82) is 0 Å². The van der Waals surface area contributed by atoms with Gasteiger partial charge in [-0.1, -0.05) is 0 Å². The number of carbonyl (C=O) groups excluding carboxylic acids is 1. The lowest BCUT2D eigenvalue weighted by atomic mass is 10.1. The summed E-state index contributed by atoms with van der Waals surface area (Å²) in [6.45, 7) is 0.107. The van der Waals surface area contributed by atoms with Crippen LogP contribution in [0.15, 0.2) is 18.2 Å². The van der Waals surface area contributed by atoms with Crippen molar-refractivity contribution in [2.24, 2.45) is 5.92 Å². The van der Waals surface area contributed by atoms with Crippen LogP contribution < -0.4 is 4.90 Å². The van der Waals surface area contributed by atoms with Crippen molar-refractivity contribution in [3.05, 3.63) is 34.1 Å². The molecule has 1 heterocycles. The molecule has 0 spiro atoms. The van der Waals surface area contributed by atoms with E-state index in [2.05, 4.69) is 0 Å². The van der Waals surface area contributed by atoms with Gasteiger partial charge in [0, 0.05) is 31.6 Å². The van der Waals surface area contributed by atoms with Crippen LogP contribution in [0.2, 0.25) is 0 Å². The molecule has 6 nitrogen and oxygen atoms in total. The minimum absolute atomic E-state index is 0.139. The Bertz CT molecular complexity index is 506. The third-order valence-electron chi connectivity index (χ3n) is 2.85. The quantitative estimate of drug-likeness (QED) is 0.646. The van der Waals surface area contributed by atoms with E-state index >= 15 is 0 Å². The molecule has 2 rings (SSSR count). The maximum atomic E-state index is 13.3. The monoisotopic (exact) mass is 254 g/mol. The molecule has 1 aromatic rings. The highest BCUT2D eigenvalue weighted by Gasteiger charge is 2.31. The number of carbonyl (C=O) groups is 1. The number of aliphatic hydroxyl groups excluding tert-OH is 1. The lowest BCUT2D eigenvalue weighted by molar-refractivity contribution is -0.385. The Morgan fingerprint density at radius 2 is 2.22 bits per heavy atom. The Kier molecular flexibility index (Phi) is 3.24.